The maximum absolute atomic E-state index is 9.43. The van der Waals surface area contributed by atoms with Gasteiger partial charge < -0.3 is 14.7 Å². The summed E-state index contributed by atoms with van der Waals surface area (Å²) < 4.78 is 5.34. The molecule has 5 nitrogen and oxygen atoms in total. The van der Waals surface area contributed by atoms with Crippen LogP contribution in [0.3, 0.4) is 0 Å². The Kier molecular flexibility index (Phi) is 7.87. The summed E-state index contributed by atoms with van der Waals surface area (Å²) in [5.41, 5.74) is 1.29. The van der Waals surface area contributed by atoms with Gasteiger partial charge in [0.05, 0.1) is 25.9 Å². The van der Waals surface area contributed by atoms with Crippen LogP contribution < -0.4 is 0 Å². The molecule has 1 aliphatic heterocycles. The Labute approximate surface area is 120 Å². The Bertz CT molecular complexity index is 371. The molecule has 5 heteroatoms. The zero-order valence-corrected chi connectivity index (χ0v) is 12.2. The van der Waals surface area contributed by atoms with Gasteiger partial charge in [-0.1, -0.05) is 30.3 Å². The van der Waals surface area contributed by atoms with Gasteiger partial charge in [-0.2, -0.15) is 0 Å². The number of aliphatic hydroxyl groups excluding tert-OH is 1. The number of nitrogens with zero attached hydrogens (tertiary/aromatic N) is 2. The summed E-state index contributed by atoms with van der Waals surface area (Å²) in [6.45, 7) is 3.38. The number of rotatable bonds is 4. The molecule has 1 saturated heterocycles. The van der Waals surface area contributed by atoms with Crippen LogP contribution in [0.25, 0.3) is 0 Å². The molecule has 1 aromatic carbocycles. The standard InChI is InChI=1S/C12H17NO2.C3H7NO/c14-9-12-10-15-7-6-13(12)8-11-4-2-1-3-5-11;1-4(2)3-5/h1-5,12,14H,6-10H2;3H,1-2H3/t12-;/m1./s1. The fourth-order valence-corrected chi connectivity index (χ4v) is 1.88. The van der Waals surface area contributed by atoms with E-state index in [1.54, 1.807) is 14.1 Å². The summed E-state index contributed by atoms with van der Waals surface area (Å²) in [5, 5.41) is 9.22. The number of aliphatic hydroxyl groups is 1. The zero-order chi connectivity index (χ0) is 14.8. The summed E-state index contributed by atoms with van der Waals surface area (Å²) in [5.74, 6) is 0. The van der Waals surface area contributed by atoms with Gasteiger partial charge in [0.15, 0.2) is 0 Å². The van der Waals surface area contributed by atoms with Crippen LogP contribution in [0.1, 0.15) is 5.56 Å². The topological polar surface area (TPSA) is 53.0 Å². The minimum atomic E-state index is 0.152. The van der Waals surface area contributed by atoms with Crippen molar-refractivity contribution in [2.45, 2.75) is 12.6 Å². The summed E-state index contributed by atoms with van der Waals surface area (Å²) in [6, 6.07) is 10.5. The second-order valence-electron chi connectivity index (χ2n) is 4.94. The van der Waals surface area contributed by atoms with Gasteiger partial charge in [0.1, 0.15) is 0 Å². The van der Waals surface area contributed by atoms with Crippen molar-refractivity contribution in [2.75, 3.05) is 40.5 Å². The molecule has 1 fully saturated rings. The highest BCUT2D eigenvalue weighted by molar-refractivity contribution is 5.45. The van der Waals surface area contributed by atoms with E-state index in [9.17, 15) is 9.90 Å². The van der Waals surface area contributed by atoms with E-state index >= 15 is 0 Å². The highest BCUT2D eigenvalue weighted by Crippen LogP contribution is 2.11. The molecule has 0 spiro atoms. The average Bonchev–Trinajstić information content (AvgIpc) is 2.49. The van der Waals surface area contributed by atoms with E-state index in [0.29, 0.717) is 6.61 Å². The number of carbonyl (C=O) groups excluding carboxylic acids is 1. The third-order valence-electron chi connectivity index (χ3n) is 3.00. The molecule has 0 bridgehead atoms. The van der Waals surface area contributed by atoms with Gasteiger partial charge in [0, 0.05) is 27.2 Å². The second-order valence-corrected chi connectivity index (χ2v) is 4.94. The highest BCUT2D eigenvalue weighted by Gasteiger charge is 2.21. The summed E-state index contributed by atoms with van der Waals surface area (Å²) in [7, 11) is 3.38. The van der Waals surface area contributed by atoms with Gasteiger partial charge in [-0.3, -0.25) is 9.69 Å². The second kappa shape index (κ2) is 9.47. The van der Waals surface area contributed by atoms with E-state index in [0.717, 1.165) is 26.1 Å². The van der Waals surface area contributed by atoms with Gasteiger partial charge in [0.2, 0.25) is 6.41 Å². The third-order valence-corrected chi connectivity index (χ3v) is 3.00. The lowest BCUT2D eigenvalue weighted by Crippen LogP contribution is -2.46. The number of benzene rings is 1. The minimum absolute atomic E-state index is 0.152. The molecule has 0 aromatic heterocycles. The number of hydrogen-bond donors (Lipinski definition) is 1. The van der Waals surface area contributed by atoms with E-state index in [4.69, 9.17) is 4.74 Å². The quantitative estimate of drug-likeness (QED) is 0.820. The molecule has 1 N–H and O–H groups in total. The first-order valence-electron chi connectivity index (χ1n) is 6.75. The first kappa shape index (κ1) is 16.6. The molecule has 1 atom stereocenters. The van der Waals surface area contributed by atoms with Crippen LogP contribution >= 0.6 is 0 Å². The fourth-order valence-electron chi connectivity index (χ4n) is 1.88. The van der Waals surface area contributed by atoms with Crippen LogP contribution in [0.15, 0.2) is 30.3 Å². The maximum atomic E-state index is 9.43. The van der Waals surface area contributed by atoms with E-state index in [1.165, 1.54) is 10.5 Å². The highest BCUT2D eigenvalue weighted by atomic mass is 16.5. The van der Waals surface area contributed by atoms with Crippen molar-refractivity contribution in [2.24, 2.45) is 0 Å². The number of amides is 1. The minimum Gasteiger partial charge on any atom is -0.395 e. The van der Waals surface area contributed by atoms with Crippen LogP contribution in [-0.4, -0.2) is 67.8 Å². The van der Waals surface area contributed by atoms with E-state index in [1.807, 2.05) is 18.2 Å². The monoisotopic (exact) mass is 280 g/mol. The lowest BCUT2D eigenvalue weighted by molar-refractivity contribution is -0.115. The van der Waals surface area contributed by atoms with Gasteiger partial charge in [-0.25, -0.2) is 0 Å². The van der Waals surface area contributed by atoms with Crippen LogP contribution in [0.2, 0.25) is 0 Å². The maximum Gasteiger partial charge on any atom is 0.209 e. The SMILES string of the molecule is CN(C)C=O.OC[C@@H]1COCCN1Cc1ccccc1. The van der Waals surface area contributed by atoms with E-state index < -0.39 is 0 Å². The summed E-state index contributed by atoms with van der Waals surface area (Å²) in [4.78, 5) is 13.2. The molecule has 20 heavy (non-hydrogen) atoms. The lowest BCUT2D eigenvalue weighted by atomic mass is 10.1. The van der Waals surface area contributed by atoms with E-state index in [2.05, 4.69) is 17.0 Å². The molecule has 1 aliphatic rings. The zero-order valence-electron chi connectivity index (χ0n) is 12.2. The largest absolute Gasteiger partial charge is 0.395 e. The Morgan fingerprint density at radius 2 is 2.05 bits per heavy atom. The molecule has 0 aliphatic carbocycles. The van der Waals surface area contributed by atoms with Gasteiger partial charge in [0.25, 0.3) is 0 Å². The molecule has 0 radical (unpaired) electrons. The molecule has 112 valence electrons. The fraction of sp³-hybridized carbons (Fsp3) is 0.533. The lowest BCUT2D eigenvalue weighted by Gasteiger charge is -2.34. The molecule has 1 heterocycles. The molecular weight excluding hydrogens is 256 g/mol. The Hall–Kier alpha value is -1.43. The Balaban J connectivity index is 0.000000347. The van der Waals surface area contributed by atoms with Gasteiger partial charge in [-0.05, 0) is 5.56 Å². The average molecular weight is 280 g/mol. The number of ether oxygens (including phenoxy) is 1. The smallest absolute Gasteiger partial charge is 0.209 e. The Morgan fingerprint density at radius 3 is 2.60 bits per heavy atom. The normalized spacial score (nSPS) is 18.9. The number of carbonyl (C=O) groups is 1. The molecule has 0 unspecified atom stereocenters. The van der Waals surface area contributed by atoms with Crippen LogP contribution in [0.5, 0.6) is 0 Å². The van der Waals surface area contributed by atoms with Crippen molar-refractivity contribution in [1.82, 2.24) is 9.80 Å². The van der Waals surface area contributed by atoms with Crippen LogP contribution in [0.4, 0.5) is 0 Å². The first-order valence-corrected chi connectivity index (χ1v) is 6.75. The first-order chi connectivity index (χ1) is 9.67. The molecule has 0 saturated carbocycles. The predicted octanol–water partition coefficient (Wildman–Crippen LogP) is 0.584. The van der Waals surface area contributed by atoms with Crippen LogP contribution in [0, 0.1) is 0 Å². The number of morpholine rings is 1. The molecular formula is C15H24N2O3. The van der Waals surface area contributed by atoms with E-state index in [-0.39, 0.29) is 12.6 Å². The third kappa shape index (κ3) is 6.14. The number of hydrogen-bond acceptors (Lipinski definition) is 4. The molecule has 2 rings (SSSR count). The van der Waals surface area contributed by atoms with Crippen molar-refractivity contribution in [3.8, 4) is 0 Å². The molecule has 1 aromatic rings. The van der Waals surface area contributed by atoms with Crippen molar-refractivity contribution < 1.29 is 14.6 Å². The Morgan fingerprint density at radius 1 is 1.40 bits per heavy atom. The summed E-state index contributed by atoms with van der Waals surface area (Å²) in [6.07, 6.45) is 0.750. The van der Waals surface area contributed by atoms with Gasteiger partial charge in [-0.15, -0.1) is 0 Å². The summed E-state index contributed by atoms with van der Waals surface area (Å²) >= 11 is 0. The van der Waals surface area contributed by atoms with Crippen molar-refractivity contribution in [1.29, 1.82) is 0 Å². The van der Waals surface area contributed by atoms with Crippen molar-refractivity contribution in [3.05, 3.63) is 35.9 Å². The molecule has 1 amide bonds. The van der Waals surface area contributed by atoms with Crippen molar-refractivity contribution >= 4 is 6.41 Å². The van der Waals surface area contributed by atoms with Gasteiger partial charge >= 0.3 is 0 Å². The van der Waals surface area contributed by atoms with Crippen molar-refractivity contribution in [3.63, 3.8) is 0 Å². The van der Waals surface area contributed by atoms with Crippen LogP contribution in [-0.2, 0) is 16.1 Å². The predicted molar refractivity (Wildman–Crippen MR) is 78.3 cm³/mol.